The number of carbonyl (C=O) groups excluding carboxylic acids is 1. The summed E-state index contributed by atoms with van der Waals surface area (Å²) in [4.78, 5) is 14.2. The van der Waals surface area contributed by atoms with Crippen LogP contribution in [0.2, 0.25) is 0 Å². The van der Waals surface area contributed by atoms with Crippen molar-refractivity contribution in [1.82, 2.24) is 10.3 Å². The number of nitrogens with one attached hydrogen (secondary N) is 2. The largest absolute Gasteiger partial charge is 0.468 e. The third kappa shape index (κ3) is 2.98. The maximum atomic E-state index is 11.2. The number of rotatable bonds is 5. The molecule has 0 fully saturated rings. The van der Waals surface area contributed by atoms with Gasteiger partial charge in [0.1, 0.15) is 11.5 Å². The molecule has 90 valence electrons. The molecule has 0 saturated carbocycles. The van der Waals surface area contributed by atoms with E-state index in [0.29, 0.717) is 18.8 Å². The highest BCUT2D eigenvalue weighted by Gasteiger charge is 2.07. The average molecular weight is 234 g/mol. The molecule has 0 aliphatic carbocycles. The Morgan fingerprint density at radius 3 is 3.00 bits per heavy atom. The van der Waals surface area contributed by atoms with E-state index in [2.05, 4.69) is 15.0 Å². The fourth-order valence-corrected chi connectivity index (χ4v) is 1.51. The highest BCUT2D eigenvalue weighted by molar-refractivity contribution is 5.87. The van der Waals surface area contributed by atoms with Crippen molar-refractivity contribution in [2.75, 3.05) is 7.11 Å². The van der Waals surface area contributed by atoms with Crippen molar-refractivity contribution in [3.05, 3.63) is 47.7 Å². The highest BCUT2D eigenvalue weighted by atomic mass is 16.5. The fraction of sp³-hybridized carbons (Fsp3) is 0.250. The van der Waals surface area contributed by atoms with Crippen molar-refractivity contribution in [3.63, 3.8) is 0 Å². The van der Waals surface area contributed by atoms with Crippen LogP contribution < -0.4 is 5.32 Å². The number of aromatic amines is 1. The number of hydrogen-bond acceptors (Lipinski definition) is 4. The number of methoxy groups -OCH3 is 1. The monoisotopic (exact) mass is 234 g/mol. The molecular weight excluding hydrogens is 220 g/mol. The summed E-state index contributed by atoms with van der Waals surface area (Å²) in [5, 5.41) is 3.20. The average Bonchev–Trinajstić information content (AvgIpc) is 2.99. The Balaban J connectivity index is 1.83. The zero-order valence-electron chi connectivity index (χ0n) is 9.53. The predicted octanol–water partition coefficient (Wildman–Crippen LogP) is 1.68. The SMILES string of the molecule is COC(=O)c1ccc(CNCc2ccco2)[nH]1. The van der Waals surface area contributed by atoms with E-state index in [4.69, 9.17) is 4.42 Å². The van der Waals surface area contributed by atoms with Crippen LogP contribution in [-0.2, 0) is 17.8 Å². The maximum Gasteiger partial charge on any atom is 0.354 e. The van der Waals surface area contributed by atoms with E-state index in [1.165, 1.54) is 7.11 Å². The van der Waals surface area contributed by atoms with E-state index in [-0.39, 0.29) is 5.97 Å². The third-order valence-electron chi connectivity index (χ3n) is 2.35. The number of H-pyrrole nitrogens is 1. The first-order valence-corrected chi connectivity index (χ1v) is 5.29. The lowest BCUT2D eigenvalue weighted by molar-refractivity contribution is 0.0594. The summed E-state index contributed by atoms with van der Waals surface area (Å²) < 4.78 is 9.79. The van der Waals surface area contributed by atoms with Gasteiger partial charge in [0.05, 0.1) is 19.9 Å². The molecule has 2 aromatic heterocycles. The van der Waals surface area contributed by atoms with Gasteiger partial charge in [0, 0.05) is 12.2 Å². The van der Waals surface area contributed by atoms with E-state index in [0.717, 1.165) is 11.5 Å². The van der Waals surface area contributed by atoms with Crippen LogP contribution in [0.25, 0.3) is 0 Å². The van der Waals surface area contributed by atoms with Crippen LogP contribution in [0.15, 0.2) is 34.9 Å². The molecule has 2 rings (SSSR count). The van der Waals surface area contributed by atoms with Crippen molar-refractivity contribution in [2.45, 2.75) is 13.1 Å². The second-order valence-electron chi connectivity index (χ2n) is 3.57. The minimum absolute atomic E-state index is 0.359. The Bertz CT molecular complexity index is 474. The summed E-state index contributed by atoms with van der Waals surface area (Å²) in [5.74, 6) is 0.520. The van der Waals surface area contributed by atoms with Crippen LogP contribution in [0.4, 0.5) is 0 Å². The van der Waals surface area contributed by atoms with Crippen molar-refractivity contribution in [3.8, 4) is 0 Å². The van der Waals surface area contributed by atoms with Gasteiger partial charge in [-0.2, -0.15) is 0 Å². The zero-order chi connectivity index (χ0) is 12.1. The topological polar surface area (TPSA) is 67.3 Å². The molecule has 5 heteroatoms. The second kappa shape index (κ2) is 5.36. The molecule has 0 atom stereocenters. The number of ether oxygens (including phenoxy) is 1. The Hall–Kier alpha value is -2.01. The number of furan rings is 1. The normalized spacial score (nSPS) is 10.4. The Kier molecular flexibility index (Phi) is 3.62. The molecule has 0 aliphatic rings. The lowest BCUT2D eigenvalue weighted by Gasteiger charge is -2.00. The van der Waals surface area contributed by atoms with Crippen LogP contribution >= 0.6 is 0 Å². The van der Waals surface area contributed by atoms with E-state index in [9.17, 15) is 4.79 Å². The van der Waals surface area contributed by atoms with Crippen molar-refractivity contribution >= 4 is 5.97 Å². The molecule has 0 amide bonds. The molecule has 5 nitrogen and oxygen atoms in total. The van der Waals surface area contributed by atoms with Gasteiger partial charge in [-0.05, 0) is 24.3 Å². The van der Waals surface area contributed by atoms with Crippen molar-refractivity contribution < 1.29 is 13.9 Å². The van der Waals surface area contributed by atoms with Gasteiger partial charge in [0.2, 0.25) is 0 Å². The Labute approximate surface area is 98.8 Å². The molecule has 0 saturated heterocycles. The lowest BCUT2D eigenvalue weighted by atomic mass is 10.4. The highest BCUT2D eigenvalue weighted by Crippen LogP contribution is 2.04. The van der Waals surface area contributed by atoms with Gasteiger partial charge >= 0.3 is 5.97 Å². The van der Waals surface area contributed by atoms with Gasteiger partial charge in [-0.25, -0.2) is 4.79 Å². The molecule has 2 aromatic rings. The maximum absolute atomic E-state index is 11.2. The van der Waals surface area contributed by atoms with Crippen molar-refractivity contribution in [2.24, 2.45) is 0 Å². The molecular formula is C12H14N2O3. The molecule has 17 heavy (non-hydrogen) atoms. The van der Waals surface area contributed by atoms with Gasteiger partial charge in [0.25, 0.3) is 0 Å². The van der Waals surface area contributed by atoms with E-state index >= 15 is 0 Å². The number of carbonyl (C=O) groups is 1. The molecule has 2 N–H and O–H groups in total. The van der Waals surface area contributed by atoms with Gasteiger partial charge in [0.15, 0.2) is 0 Å². The minimum Gasteiger partial charge on any atom is -0.468 e. The van der Waals surface area contributed by atoms with Crippen molar-refractivity contribution in [1.29, 1.82) is 0 Å². The first-order valence-electron chi connectivity index (χ1n) is 5.29. The van der Waals surface area contributed by atoms with Crippen LogP contribution in [0, 0.1) is 0 Å². The predicted molar refractivity (Wildman–Crippen MR) is 61.4 cm³/mol. The summed E-state index contributed by atoms with van der Waals surface area (Å²) in [6.45, 7) is 1.29. The van der Waals surface area contributed by atoms with Gasteiger partial charge in [-0.1, -0.05) is 0 Å². The fourth-order valence-electron chi connectivity index (χ4n) is 1.51. The summed E-state index contributed by atoms with van der Waals surface area (Å²) >= 11 is 0. The number of aromatic nitrogens is 1. The van der Waals surface area contributed by atoms with Crippen LogP contribution in [-0.4, -0.2) is 18.1 Å². The Morgan fingerprint density at radius 1 is 1.41 bits per heavy atom. The van der Waals surface area contributed by atoms with E-state index in [1.807, 2.05) is 18.2 Å². The second-order valence-corrected chi connectivity index (χ2v) is 3.57. The third-order valence-corrected chi connectivity index (χ3v) is 2.35. The molecule has 0 radical (unpaired) electrons. The molecule has 0 aliphatic heterocycles. The summed E-state index contributed by atoms with van der Waals surface area (Å²) in [6, 6.07) is 7.31. The first-order chi connectivity index (χ1) is 8.29. The first kappa shape index (κ1) is 11.5. The lowest BCUT2D eigenvalue weighted by Crippen LogP contribution is -2.12. The van der Waals surface area contributed by atoms with Gasteiger partial charge < -0.3 is 19.5 Å². The summed E-state index contributed by atoms with van der Waals surface area (Å²) in [7, 11) is 1.36. The number of hydrogen-bond donors (Lipinski definition) is 2. The van der Waals surface area contributed by atoms with E-state index in [1.54, 1.807) is 12.3 Å². The summed E-state index contributed by atoms with van der Waals surface area (Å²) in [6.07, 6.45) is 1.64. The smallest absolute Gasteiger partial charge is 0.354 e. The quantitative estimate of drug-likeness (QED) is 0.772. The summed E-state index contributed by atoms with van der Waals surface area (Å²) in [5.41, 5.74) is 1.39. The van der Waals surface area contributed by atoms with E-state index < -0.39 is 0 Å². The van der Waals surface area contributed by atoms with Gasteiger partial charge in [-0.15, -0.1) is 0 Å². The Morgan fingerprint density at radius 2 is 2.29 bits per heavy atom. The molecule has 2 heterocycles. The molecule has 0 bridgehead atoms. The zero-order valence-corrected chi connectivity index (χ0v) is 9.53. The number of esters is 1. The minimum atomic E-state index is -0.359. The van der Waals surface area contributed by atoms with Crippen LogP contribution in [0.3, 0.4) is 0 Å². The van der Waals surface area contributed by atoms with Gasteiger partial charge in [-0.3, -0.25) is 0 Å². The van der Waals surface area contributed by atoms with Crippen LogP contribution in [0.1, 0.15) is 21.9 Å². The standard InChI is InChI=1S/C12H14N2O3/c1-16-12(15)11-5-4-9(14-11)7-13-8-10-3-2-6-17-10/h2-6,13-14H,7-8H2,1H3. The van der Waals surface area contributed by atoms with Crippen LogP contribution in [0.5, 0.6) is 0 Å². The molecule has 0 spiro atoms. The molecule has 0 unspecified atom stereocenters. The molecule has 0 aromatic carbocycles.